The molecule has 1 aliphatic rings. The van der Waals surface area contributed by atoms with Gasteiger partial charge in [0, 0.05) is 33.9 Å². The van der Waals surface area contributed by atoms with E-state index in [0.717, 1.165) is 28.3 Å². The fourth-order valence-electron chi connectivity index (χ4n) is 5.00. The van der Waals surface area contributed by atoms with Crippen molar-refractivity contribution in [2.24, 2.45) is 0 Å². The van der Waals surface area contributed by atoms with E-state index in [-0.39, 0.29) is 17.8 Å². The number of anilines is 1. The van der Waals surface area contributed by atoms with Crippen LogP contribution in [0.1, 0.15) is 40.3 Å². The van der Waals surface area contributed by atoms with Crippen molar-refractivity contribution in [2.45, 2.75) is 32.9 Å². The number of halogens is 1. The van der Waals surface area contributed by atoms with E-state index in [1.54, 1.807) is 24.4 Å². The largest absolute Gasteiger partial charge is 0.506 e. The van der Waals surface area contributed by atoms with Gasteiger partial charge < -0.3 is 19.9 Å². The summed E-state index contributed by atoms with van der Waals surface area (Å²) >= 11 is 12.2. The third kappa shape index (κ3) is 3.63. The maximum Gasteiger partial charge on any atom is 0.174 e. The molecule has 0 saturated carbocycles. The Morgan fingerprint density at radius 2 is 1.71 bits per heavy atom. The Morgan fingerprint density at radius 1 is 0.971 bits per heavy atom. The molecular weight excluding hydrogens is 464 g/mol. The van der Waals surface area contributed by atoms with Crippen LogP contribution in [0, 0.1) is 20.8 Å². The van der Waals surface area contributed by atoms with Crippen LogP contribution in [-0.2, 0) is 0 Å². The van der Waals surface area contributed by atoms with Crippen molar-refractivity contribution in [2.75, 3.05) is 4.90 Å². The molecule has 0 amide bonds. The maximum absolute atomic E-state index is 10.8. The molecule has 1 aliphatic heterocycles. The van der Waals surface area contributed by atoms with Crippen LogP contribution in [0.4, 0.5) is 5.69 Å². The van der Waals surface area contributed by atoms with Crippen LogP contribution in [-0.4, -0.2) is 19.8 Å². The summed E-state index contributed by atoms with van der Waals surface area (Å²) in [5, 5.41) is 15.3. The van der Waals surface area contributed by atoms with E-state index < -0.39 is 0 Å². The molecule has 0 bridgehead atoms. The van der Waals surface area contributed by atoms with Crippen molar-refractivity contribution in [3.8, 4) is 11.4 Å². The summed E-state index contributed by atoms with van der Waals surface area (Å²) in [6.45, 7) is 6.41. The van der Waals surface area contributed by atoms with Crippen molar-refractivity contribution < 1.29 is 5.11 Å². The molecule has 2 N–H and O–H groups in total. The quantitative estimate of drug-likeness (QED) is 0.328. The highest BCUT2D eigenvalue weighted by Gasteiger charge is 2.44. The highest BCUT2D eigenvalue weighted by Crippen LogP contribution is 2.47. The number of nitrogens with one attached hydrogen (secondary N) is 1. The monoisotopic (exact) mass is 488 g/mol. The number of thiocarbonyl (C=S) groups is 1. The van der Waals surface area contributed by atoms with Gasteiger partial charge in [-0.1, -0.05) is 35.9 Å². The topological polar surface area (TPSA) is 53.3 Å². The highest BCUT2D eigenvalue weighted by molar-refractivity contribution is 7.80. The first-order valence-corrected chi connectivity index (χ1v) is 11.9. The van der Waals surface area contributed by atoms with E-state index in [4.69, 9.17) is 23.8 Å². The van der Waals surface area contributed by atoms with E-state index in [1.165, 1.54) is 5.56 Å². The van der Waals surface area contributed by atoms with Gasteiger partial charge in [-0.3, -0.25) is 4.98 Å². The lowest BCUT2D eigenvalue weighted by molar-refractivity contribution is 0.472. The van der Waals surface area contributed by atoms with Gasteiger partial charge in [0.1, 0.15) is 5.75 Å². The second-order valence-corrected chi connectivity index (χ2v) is 9.33. The standard InChI is InChI=1S/C27H25ClN4OS/c1-16-17(2)31(20-9-5-4-6-10-20)18(3)24(16)26-25(21-11-7-8-14-29-21)30-27(34)32(26)22-15-19(28)12-13-23(22)33/h4-15,25-26,33H,1-3H3,(H,30,34)/t25-,26+/m1/s1. The van der Waals surface area contributed by atoms with Crippen LogP contribution < -0.4 is 10.2 Å². The summed E-state index contributed by atoms with van der Waals surface area (Å²) in [7, 11) is 0. The number of hydrogen-bond acceptors (Lipinski definition) is 3. The summed E-state index contributed by atoms with van der Waals surface area (Å²) in [5.74, 6) is 0.120. The lowest BCUT2D eigenvalue weighted by Crippen LogP contribution is -2.30. The molecule has 0 radical (unpaired) electrons. The molecule has 7 heteroatoms. The van der Waals surface area contributed by atoms with Crippen LogP contribution in [0.3, 0.4) is 0 Å². The molecule has 5 rings (SSSR count). The summed E-state index contributed by atoms with van der Waals surface area (Å²) in [6, 6.07) is 20.8. The van der Waals surface area contributed by atoms with Gasteiger partial charge in [0.15, 0.2) is 5.11 Å². The predicted molar refractivity (Wildman–Crippen MR) is 141 cm³/mol. The van der Waals surface area contributed by atoms with E-state index in [1.807, 2.05) is 41.3 Å². The van der Waals surface area contributed by atoms with Crippen molar-refractivity contribution >= 4 is 34.6 Å². The van der Waals surface area contributed by atoms with E-state index >= 15 is 0 Å². The first-order chi connectivity index (χ1) is 16.4. The minimum Gasteiger partial charge on any atom is -0.506 e. The van der Waals surface area contributed by atoms with Crippen molar-refractivity contribution in [1.29, 1.82) is 0 Å². The molecule has 5 nitrogen and oxygen atoms in total. The van der Waals surface area contributed by atoms with Crippen molar-refractivity contribution in [3.05, 3.63) is 106 Å². The number of pyridine rings is 1. The third-order valence-corrected chi connectivity index (χ3v) is 7.16. The van der Waals surface area contributed by atoms with Gasteiger partial charge >= 0.3 is 0 Å². The normalized spacial score (nSPS) is 17.8. The summed E-state index contributed by atoms with van der Waals surface area (Å²) in [4.78, 5) is 6.61. The fourth-order valence-corrected chi connectivity index (χ4v) is 5.51. The number of phenolic OH excluding ortho intramolecular Hbond substituents is 1. The molecule has 2 atom stereocenters. The Labute approximate surface area is 209 Å². The van der Waals surface area contributed by atoms with Gasteiger partial charge in [-0.05, 0) is 81.0 Å². The molecule has 34 heavy (non-hydrogen) atoms. The lowest BCUT2D eigenvalue weighted by Gasteiger charge is -2.29. The highest BCUT2D eigenvalue weighted by atomic mass is 35.5. The molecule has 2 aromatic heterocycles. The number of benzene rings is 2. The second-order valence-electron chi connectivity index (χ2n) is 8.51. The molecule has 1 fully saturated rings. The predicted octanol–water partition coefficient (Wildman–Crippen LogP) is 6.33. The first-order valence-electron chi connectivity index (χ1n) is 11.1. The number of rotatable bonds is 4. The minimum absolute atomic E-state index is 0.120. The Balaban J connectivity index is 1.76. The fraction of sp³-hybridized carbons (Fsp3) is 0.185. The number of hydrogen-bond donors (Lipinski definition) is 2. The molecule has 0 unspecified atom stereocenters. The van der Waals surface area contributed by atoms with Gasteiger partial charge in [-0.25, -0.2) is 0 Å². The third-order valence-electron chi connectivity index (χ3n) is 6.61. The number of para-hydroxylation sites is 1. The van der Waals surface area contributed by atoms with Gasteiger partial charge in [0.25, 0.3) is 0 Å². The Kier molecular flexibility index (Phi) is 5.80. The minimum atomic E-state index is -0.240. The maximum atomic E-state index is 10.8. The summed E-state index contributed by atoms with van der Waals surface area (Å²) in [5.41, 5.74) is 7.14. The van der Waals surface area contributed by atoms with Gasteiger partial charge in [0.05, 0.1) is 23.5 Å². The molecule has 0 aliphatic carbocycles. The smallest absolute Gasteiger partial charge is 0.174 e. The molecule has 2 aromatic carbocycles. The van der Waals surface area contributed by atoms with E-state index in [0.29, 0.717) is 15.8 Å². The zero-order chi connectivity index (χ0) is 24.0. The lowest BCUT2D eigenvalue weighted by atomic mass is 9.93. The average molecular weight is 489 g/mol. The molecule has 3 heterocycles. The zero-order valence-electron chi connectivity index (χ0n) is 19.2. The zero-order valence-corrected chi connectivity index (χ0v) is 20.7. The van der Waals surface area contributed by atoms with Gasteiger partial charge in [-0.15, -0.1) is 0 Å². The second kappa shape index (κ2) is 8.78. The van der Waals surface area contributed by atoms with Crippen LogP contribution in [0.25, 0.3) is 5.69 Å². The molecule has 1 saturated heterocycles. The van der Waals surface area contributed by atoms with Crippen molar-refractivity contribution in [1.82, 2.24) is 14.9 Å². The van der Waals surface area contributed by atoms with Crippen LogP contribution in [0.15, 0.2) is 72.9 Å². The SMILES string of the molecule is Cc1c([C@H]2[C@@H](c3ccccn3)NC(=S)N2c2cc(Cl)ccc2O)c(C)n(-c2ccccc2)c1C. The Hall–Kier alpha value is -3.35. The summed E-state index contributed by atoms with van der Waals surface area (Å²) < 4.78 is 2.28. The van der Waals surface area contributed by atoms with E-state index in [2.05, 4.69) is 47.8 Å². The average Bonchev–Trinajstić information content (AvgIpc) is 3.29. The van der Waals surface area contributed by atoms with Gasteiger partial charge in [0.2, 0.25) is 0 Å². The van der Waals surface area contributed by atoms with Crippen LogP contribution in [0.5, 0.6) is 5.75 Å². The Bertz CT molecular complexity index is 1370. The first kappa shape index (κ1) is 22.4. The van der Waals surface area contributed by atoms with Gasteiger partial charge in [-0.2, -0.15) is 0 Å². The molecular formula is C27H25ClN4OS. The molecule has 0 spiro atoms. The Morgan fingerprint density at radius 3 is 2.41 bits per heavy atom. The van der Waals surface area contributed by atoms with Crippen molar-refractivity contribution in [3.63, 3.8) is 0 Å². The number of aromatic hydroxyl groups is 1. The van der Waals surface area contributed by atoms with Crippen LogP contribution >= 0.6 is 23.8 Å². The number of nitrogens with zero attached hydrogens (tertiary/aromatic N) is 3. The number of phenols is 1. The number of aromatic nitrogens is 2. The summed E-state index contributed by atoms with van der Waals surface area (Å²) in [6.07, 6.45) is 1.79. The molecule has 172 valence electrons. The van der Waals surface area contributed by atoms with Crippen LogP contribution in [0.2, 0.25) is 5.02 Å². The van der Waals surface area contributed by atoms with E-state index in [9.17, 15) is 5.11 Å². The molecule has 4 aromatic rings.